The van der Waals surface area contributed by atoms with Gasteiger partial charge < -0.3 is 5.32 Å². The van der Waals surface area contributed by atoms with E-state index in [2.05, 4.69) is 35.4 Å². The molecule has 1 aromatic rings. The van der Waals surface area contributed by atoms with Gasteiger partial charge in [-0.25, -0.2) is 0 Å². The first-order chi connectivity index (χ1) is 6.83. The highest BCUT2D eigenvalue weighted by molar-refractivity contribution is 5.47. The van der Waals surface area contributed by atoms with Gasteiger partial charge in [-0.1, -0.05) is 18.2 Å². The van der Waals surface area contributed by atoms with E-state index in [-0.39, 0.29) is 0 Å². The van der Waals surface area contributed by atoms with Crippen LogP contribution in [0.3, 0.4) is 0 Å². The highest BCUT2D eigenvalue weighted by Gasteiger charge is 1.93. The van der Waals surface area contributed by atoms with E-state index in [1.165, 1.54) is 12.0 Å². The van der Waals surface area contributed by atoms with Crippen LogP contribution in [0.1, 0.15) is 25.3 Å². The lowest BCUT2D eigenvalue weighted by Gasteiger charge is -2.06. The summed E-state index contributed by atoms with van der Waals surface area (Å²) in [5.74, 6) is 0. The Morgan fingerprint density at radius 3 is 3.07 bits per heavy atom. The molecule has 2 heteroatoms. The van der Waals surface area contributed by atoms with E-state index < -0.39 is 0 Å². The Kier molecular flexibility index (Phi) is 4.94. The fourth-order valence-corrected chi connectivity index (χ4v) is 1.18. The molecule has 1 atom stereocenters. The lowest BCUT2D eigenvalue weighted by atomic mass is 10.1. The van der Waals surface area contributed by atoms with Crippen molar-refractivity contribution in [1.82, 2.24) is 10.3 Å². The first-order valence-corrected chi connectivity index (χ1v) is 5.06. The molecule has 0 aliphatic heterocycles. The lowest BCUT2D eigenvalue weighted by molar-refractivity contribution is 0.571. The summed E-state index contributed by atoms with van der Waals surface area (Å²) < 4.78 is 0. The summed E-state index contributed by atoms with van der Waals surface area (Å²) in [7, 11) is 2.00. The van der Waals surface area contributed by atoms with Gasteiger partial charge in [-0.05, 0) is 38.4 Å². The summed E-state index contributed by atoms with van der Waals surface area (Å²) in [6.45, 7) is 2.19. The van der Waals surface area contributed by atoms with Crippen molar-refractivity contribution < 1.29 is 0 Å². The molecule has 0 aromatic carbocycles. The molecular formula is C12H18N2. The van der Waals surface area contributed by atoms with Gasteiger partial charge in [-0.2, -0.15) is 0 Å². The third kappa shape index (κ3) is 4.19. The molecule has 0 amide bonds. The molecule has 76 valence electrons. The minimum Gasteiger partial charge on any atom is -0.317 e. The minimum absolute atomic E-state index is 0.591. The van der Waals surface area contributed by atoms with E-state index in [1.54, 1.807) is 6.20 Å². The Labute approximate surface area is 86.1 Å². The SMILES string of the molecule is CNC(C)CC/C=C/c1cccnc1. The molecule has 14 heavy (non-hydrogen) atoms. The van der Waals surface area contributed by atoms with Gasteiger partial charge in [0.15, 0.2) is 0 Å². The first kappa shape index (κ1) is 10.9. The quantitative estimate of drug-likeness (QED) is 0.771. The van der Waals surface area contributed by atoms with Gasteiger partial charge in [0.05, 0.1) is 0 Å². The van der Waals surface area contributed by atoms with E-state index in [0.717, 1.165) is 6.42 Å². The van der Waals surface area contributed by atoms with Crippen molar-refractivity contribution >= 4 is 6.08 Å². The van der Waals surface area contributed by atoms with Gasteiger partial charge in [-0.15, -0.1) is 0 Å². The van der Waals surface area contributed by atoms with Crippen molar-refractivity contribution in [2.75, 3.05) is 7.05 Å². The zero-order chi connectivity index (χ0) is 10.2. The fourth-order valence-electron chi connectivity index (χ4n) is 1.18. The van der Waals surface area contributed by atoms with Crippen molar-refractivity contribution in [2.45, 2.75) is 25.8 Å². The number of hydrogen-bond acceptors (Lipinski definition) is 2. The summed E-state index contributed by atoms with van der Waals surface area (Å²) in [5.41, 5.74) is 1.17. The van der Waals surface area contributed by atoms with Gasteiger partial charge in [-0.3, -0.25) is 4.98 Å². The second-order valence-corrected chi connectivity index (χ2v) is 3.46. The minimum atomic E-state index is 0.591. The van der Waals surface area contributed by atoms with Crippen molar-refractivity contribution in [3.63, 3.8) is 0 Å². The fraction of sp³-hybridized carbons (Fsp3) is 0.417. The zero-order valence-electron chi connectivity index (χ0n) is 8.90. The zero-order valence-corrected chi connectivity index (χ0v) is 8.90. The lowest BCUT2D eigenvalue weighted by Crippen LogP contribution is -2.20. The topological polar surface area (TPSA) is 24.9 Å². The molecule has 0 bridgehead atoms. The van der Waals surface area contributed by atoms with Crippen molar-refractivity contribution in [1.29, 1.82) is 0 Å². The summed E-state index contributed by atoms with van der Waals surface area (Å²) in [6.07, 6.45) is 10.3. The van der Waals surface area contributed by atoms with Crippen molar-refractivity contribution in [3.05, 3.63) is 36.2 Å². The summed E-state index contributed by atoms with van der Waals surface area (Å²) in [4.78, 5) is 4.05. The number of nitrogens with zero attached hydrogens (tertiary/aromatic N) is 1. The summed E-state index contributed by atoms with van der Waals surface area (Å²) >= 11 is 0. The molecule has 0 spiro atoms. The molecule has 1 N–H and O–H groups in total. The standard InChI is InChI=1S/C12H18N2/c1-11(13-2)6-3-4-7-12-8-5-9-14-10-12/h4-5,7-11,13H,3,6H2,1-2H3/b7-4+. The van der Waals surface area contributed by atoms with Crippen LogP contribution >= 0.6 is 0 Å². The van der Waals surface area contributed by atoms with Gasteiger partial charge in [0.25, 0.3) is 0 Å². The molecule has 1 heterocycles. The Morgan fingerprint density at radius 1 is 1.57 bits per heavy atom. The van der Waals surface area contributed by atoms with Crippen LogP contribution in [0.2, 0.25) is 0 Å². The van der Waals surface area contributed by atoms with Crippen molar-refractivity contribution in [2.24, 2.45) is 0 Å². The third-order valence-corrected chi connectivity index (χ3v) is 2.25. The van der Waals surface area contributed by atoms with Gasteiger partial charge >= 0.3 is 0 Å². The van der Waals surface area contributed by atoms with E-state index in [9.17, 15) is 0 Å². The van der Waals surface area contributed by atoms with Gasteiger partial charge in [0.2, 0.25) is 0 Å². The normalized spacial score (nSPS) is 13.3. The Balaban J connectivity index is 2.28. The van der Waals surface area contributed by atoms with Crippen LogP contribution in [-0.2, 0) is 0 Å². The maximum atomic E-state index is 4.05. The number of allylic oxidation sites excluding steroid dienone is 1. The van der Waals surface area contributed by atoms with Crippen LogP contribution < -0.4 is 5.32 Å². The summed E-state index contributed by atoms with van der Waals surface area (Å²) in [6, 6.07) is 4.61. The Hall–Kier alpha value is -1.15. The average Bonchev–Trinajstić information content (AvgIpc) is 2.25. The van der Waals surface area contributed by atoms with E-state index in [1.807, 2.05) is 19.3 Å². The number of pyridine rings is 1. The second kappa shape index (κ2) is 6.33. The average molecular weight is 190 g/mol. The van der Waals surface area contributed by atoms with E-state index in [4.69, 9.17) is 0 Å². The largest absolute Gasteiger partial charge is 0.317 e. The van der Waals surface area contributed by atoms with Crippen LogP contribution in [0, 0.1) is 0 Å². The Bertz CT molecular complexity index is 267. The second-order valence-electron chi connectivity index (χ2n) is 3.46. The molecule has 0 saturated heterocycles. The third-order valence-electron chi connectivity index (χ3n) is 2.25. The molecule has 1 unspecified atom stereocenters. The predicted octanol–water partition coefficient (Wildman–Crippen LogP) is 2.48. The van der Waals surface area contributed by atoms with Crippen LogP contribution in [0.4, 0.5) is 0 Å². The molecule has 0 fully saturated rings. The Morgan fingerprint density at radius 2 is 2.43 bits per heavy atom. The maximum absolute atomic E-state index is 4.05. The number of aromatic nitrogens is 1. The molecule has 0 aliphatic rings. The van der Waals surface area contributed by atoms with Crippen LogP contribution in [-0.4, -0.2) is 18.1 Å². The van der Waals surface area contributed by atoms with Crippen LogP contribution in [0.25, 0.3) is 6.08 Å². The molecule has 0 radical (unpaired) electrons. The van der Waals surface area contributed by atoms with Gasteiger partial charge in [0, 0.05) is 18.4 Å². The first-order valence-electron chi connectivity index (χ1n) is 5.06. The highest BCUT2D eigenvalue weighted by atomic mass is 14.8. The molecule has 0 aliphatic carbocycles. The molecule has 1 aromatic heterocycles. The monoisotopic (exact) mass is 190 g/mol. The maximum Gasteiger partial charge on any atom is 0.0340 e. The van der Waals surface area contributed by atoms with E-state index in [0.29, 0.717) is 6.04 Å². The van der Waals surface area contributed by atoms with E-state index >= 15 is 0 Å². The van der Waals surface area contributed by atoms with Crippen LogP contribution in [0.5, 0.6) is 0 Å². The summed E-state index contributed by atoms with van der Waals surface area (Å²) in [5, 5.41) is 3.22. The molecule has 2 nitrogen and oxygen atoms in total. The number of rotatable bonds is 5. The van der Waals surface area contributed by atoms with Crippen LogP contribution in [0.15, 0.2) is 30.6 Å². The van der Waals surface area contributed by atoms with Gasteiger partial charge in [0.1, 0.15) is 0 Å². The molecule has 1 rings (SSSR count). The molecular weight excluding hydrogens is 172 g/mol. The number of hydrogen-bond donors (Lipinski definition) is 1. The smallest absolute Gasteiger partial charge is 0.0340 e. The predicted molar refractivity (Wildman–Crippen MR) is 61.0 cm³/mol. The van der Waals surface area contributed by atoms with Crippen molar-refractivity contribution in [3.8, 4) is 0 Å². The number of nitrogens with one attached hydrogen (secondary N) is 1. The molecule has 0 saturated carbocycles. The highest BCUT2D eigenvalue weighted by Crippen LogP contribution is 2.02.